The van der Waals surface area contributed by atoms with Gasteiger partial charge in [0.1, 0.15) is 5.00 Å². The normalized spacial score (nSPS) is 16.5. The third-order valence-electron chi connectivity index (χ3n) is 4.73. The Balaban J connectivity index is 1.90. The van der Waals surface area contributed by atoms with Crippen molar-refractivity contribution in [2.24, 2.45) is 11.7 Å². The number of carbonyl (C=O) groups excluding carboxylic acids is 2. The van der Waals surface area contributed by atoms with Crippen molar-refractivity contribution in [1.29, 1.82) is 0 Å². The summed E-state index contributed by atoms with van der Waals surface area (Å²) in [6, 6.07) is 7.37. The summed E-state index contributed by atoms with van der Waals surface area (Å²) in [5.41, 5.74) is 8.82. The lowest BCUT2D eigenvalue weighted by Crippen LogP contribution is -2.19. The first-order chi connectivity index (χ1) is 11.5. The highest BCUT2D eigenvalue weighted by Gasteiger charge is 2.28. The first-order valence-corrected chi connectivity index (χ1v) is 9.13. The Morgan fingerprint density at radius 3 is 2.62 bits per heavy atom. The fourth-order valence-electron chi connectivity index (χ4n) is 3.23. The van der Waals surface area contributed by atoms with Gasteiger partial charge in [-0.25, -0.2) is 0 Å². The van der Waals surface area contributed by atoms with Gasteiger partial charge in [0.2, 0.25) is 0 Å². The molecule has 0 radical (unpaired) electrons. The zero-order valence-corrected chi connectivity index (χ0v) is 14.8. The monoisotopic (exact) mass is 342 g/mol. The third kappa shape index (κ3) is 3.22. The molecule has 3 rings (SSSR count). The van der Waals surface area contributed by atoms with Crippen molar-refractivity contribution < 1.29 is 9.59 Å². The van der Waals surface area contributed by atoms with E-state index < -0.39 is 5.91 Å². The molecule has 0 aliphatic heterocycles. The maximum atomic E-state index is 12.5. The Hall–Kier alpha value is -2.14. The average molecular weight is 342 g/mol. The van der Waals surface area contributed by atoms with Crippen LogP contribution in [0.15, 0.2) is 24.3 Å². The second kappa shape index (κ2) is 6.77. The zero-order chi connectivity index (χ0) is 17.3. The first-order valence-electron chi connectivity index (χ1n) is 8.32. The third-order valence-corrected chi connectivity index (χ3v) is 5.90. The molecule has 0 saturated carbocycles. The molecule has 1 heterocycles. The van der Waals surface area contributed by atoms with E-state index in [0.29, 0.717) is 22.0 Å². The minimum absolute atomic E-state index is 0.205. The molecule has 4 nitrogen and oxygen atoms in total. The van der Waals surface area contributed by atoms with Crippen molar-refractivity contribution in [1.82, 2.24) is 0 Å². The number of carbonyl (C=O) groups is 2. The smallest absolute Gasteiger partial charge is 0.256 e. The van der Waals surface area contributed by atoms with E-state index in [1.54, 1.807) is 12.1 Å². The predicted molar refractivity (Wildman–Crippen MR) is 97.8 cm³/mol. The summed E-state index contributed by atoms with van der Waals surface area (Å²) in [7, 11) is 0. The molecular formula is C19H22N2O2S. The molecule has 5 heteroatoms. The van der Waals surface area contributed by atoms with E-state index in [2.05, 4.69) is 12.2 Å². The van der Waals surface area contributed by atoms with Crippen LogP contribution in [0.2, 0.25) is 0 Å². The molecule has 3 N–H and O–H groups in total. The fourth-order valence-corrected chi connectivity index (χ4v) is 4.59. The number of aryl methyl sites for hydroxylation is 1. The summed E-state index contributed by atoms with van der Waals surface area (Å²) in [5.74, 6) is -0.0117. The van der Waals surface area contributed by atoms with Gasteiger partial charge in [-0.2, -0.15) is 0 Å². The highest BCUT2D eigenvalue weighted by Crippen LogP contribution is 2.40. The molecule has 0 spiro atoms. The summed E-state index contributed by atoms with van der Waals surface area (Å²) in [6.07, 6.45) is 4.04. The Morgan fingerprint density at radius 2 is 2.00 bits per heavy atom. The molecule has 2 amide bonds. The number of nitrogens with two attached hydrogens (primary N) is 1. The van der Waals surface area contributed by atoms with Crippen LogP contribution in [0, 0.1) is 12.8 Å². The molecule has 1 aromatic heterocycles. The van der Waals surface area contributed by atoms with Crippen molar-refractivity contribution in [2.45, 2.75) is 39.5 Å². The minimum Gasteiger partial charge on any atom is -0.365 e. The SMILES string of the molecule is CC[C@H]1CCc2c(sc(NC(=O)c3ccc(C)cc3)c2C(N)=O)C1. The maximum Gasteiger partial charge on any atom is 0.256 e. The van der Waals surface area contributed by atoms with E-state index in [-0.39, 0.29) is 5.91 Å². The van der Waals surface area contributed by atoms with E-state index in [9.17, 15) is 9.59 Å². The van der Waals surface area contributed by atoms with Crippen LogP contribution in [0.3, 0.4) is 0 Å². The van der Waals surface area contributed by atoms with E-state index in [1.165, 1.54) is 16.2 Å². The topological polar surface area (TPSA) is 72.2 Å². The summed E-state index contributed by atoms with van der Waals surface area (Å²) >= 11 is 1.50. The van der Waals surface area contributed by atoms with Crippen molar-refractivity contribution in [2.75, 3.05) is 5.32 Å². The average Bonchev–Trinajstić information content (AvgIpc) is 2.92. The molecule has 126 valence electrons. The number of amides is 2. The second-order valence-electron chi connectivity index (χ2n) is 6.41. The molecule has 1 aliphatic carbocycles. The largest absolute Gasteiger partial charge is 0.365 e. The fraction of sp³-hybridized carbons (Fsp3) is 0.368. The van der Waals surface area contributed by atoms with Gasteiger partial charge in [0, 0.05) is 10.4 Å². The summed E-state index contributed by atoms with van der Waals surface area (Å²) in [4.78, 5) is 25.6. The number of nitrogens with one attached hydrogen (secondary N) is 1. The van der Waals surface area contributed by atoms with Gasteiger partial charge in [-0.05, 0) is 49.8 Å². The van der Waals surface area contributed by atoms with Crippen molar-refractivity contribution >= 4 is 28.2 Å². The van der Waals surface area contributed by atoms with Gasteiger partial charge in [0.25, 0.3) is 11.8 Å². The first kappa shape index (κ1) is 16.7. The van der Waals surface area contributed by atoms with E-state index in [4.69, 9.17) is 5.73 Å². The van der Waals surface area contributed by atoms with Crippen LogP contribution in [-0.4, -0.2) is 11.8 Å². The molecule has 1 aliphatic rings. The van der Waals surface area contributed by atoms with Crippen LogP contribution >= 0.6 is 11.3 Å². The van der Waals surface area contributed by atoms with Gasteiger partial charge >= 0.3 is 0 Å². The van der Waals surface area contributed by atoms with Gasteiger partial charge in [-0.15, -0.1) is 11.3 Å². The number of anilines is 1. The Morgan fingerprint density at radius 1 is 1.29 bits per heavy atom. The molecule has 0 saturated heterocycles. The lowest BCUT2D eigenvalue weighted by atomic mass is 9.85. The van der Waals surface area contributed by atoms with Crippen LogP contribution < -0.4 is 11.1 Å². The number of thiophene rings is 1. The highest BCUT2D eigenvalue weighted by molar-refractivity contribution is 7.17. The van der Waals surface area contributed by atoms with Crippen LogP contribution in [0.1, 0.15) is 56.5 Å². The second-order valence-corrected chi connectivity index (χ2v) is 7.51. The van der Waals surface area contributed by atoms with Crippen molar-refractivity contribution in [3.8, 4) is 0 Å². The Kier molecular flexibility index (Phi) is 4.71. The van der Waals surface area contributed by atoms with E-state index >= 15 is 0 Å². The lowest BCUT2D eigenvalue weighted by molar-refractivity contribution is 0.1000. The summed E-state index contributed by atoms with van der Waals surface area (Å²) < 4.78 is 0. The number of hydrogen-bond acceptors (Lipinski definition) is 3. The molecule has 0 bridgehead atoms. The molecular weight excluding hydrogens is 320 g/mol. The van der Waals surface area contributed by atoms with Crippen molar-refractivity contribution in [3.63, 3.8) is 0 Å². The van der Waals surface area contributed by atoms with Crippen LogP contribution in [0.25, 0.3) is 0 Å². The summed E-state index contributed by atoms with van der Waals surface area (Å²) in [6.45, 7) is 4.17. The molecule has 0 unspecified atom stereocenters. The van der Waals surface area contributed by atoms with Crippen LogP contribution in [0.4, 0.5) is 5.00 Å². The Labute approximate surface area is 146 Å². The standard InChI is InChI=1S/C19H22N2O2S/c1-3-12-6-9-14-15(10-12)24-19(16(14)17(20)22)21-18(23)13-7-4-11(2)5-8-13/h4-5,7-8,12H,3,6,9-10H2,1-2H3,(H2,20,22)(H,21,23)/t12-/m0/s1. The Bertz CT molecular complexity index is 777. The minimum atomic E-state index is -0.457. The van der Waals surface area contributed by atoms with E-state index in [1.807, 2.05) is 19.1 Å². The van der Waals surface area contributed by atoms with Crippen LogP contribution in [0.5, 0.6) is 0 Å². The number of hydrogen-bond donors (Lipinski definition) is 2. The number of primary amides is 1. The quantitative estimate of drug-likeness (QED) is 0.884. The van der Waals surface area contributed by atoms with Gasteiger partial charge in [-0.1, -0.05) is 31.0 Å². The molecule has 1 aromatic carbocycles. The summed E-state index contributed by atoms with van der Waals surface area (Å²) in [5, 5.41) is 3.49. The number of benzene rings is 1. The maximum absolute atomic E-state index is 12.5. The zero-order valence-electron chi connectivity index (χ0n) is 14.0. The number of fused-ring (bicyclic) bond motifs is 1. The van der Waals surface area contributed by atoms with Gasteiger partial charge < -0.3 is 11.1 Å². The van der Waals surface area contributed by atoms with Crippen molar-refractivity contribution in [3.05, 3.63) is 51.4 Å². The molecule has 1 atom stereocenters. The number of rotatable bonds is 4. The highest BCUT2D eigenvalue weighted by atomic mass is 32.1. The van der Waals surface area contributed by atoms with E-state index in [0.717, 1.165) is 36.8 Å². The predicted octanol–water partition coefficient (Wildman–Crippen LogP) is 3.92. The van der Waals surface area contributed by atoms with Gasteiger partial charge in [-0.3, -0.25) is 9.59 Å². The molecule has 2 aromatic rings. The van der Waals surface area contributed by atoms with Gasteiger partial charge in [0.05, 0.1) is 5.56 Å². The molecule has 0 fully saturated rings. The molecule has 24 heavy (non-hydrogen) atoms. The van der Waals surface area contributed by atoms with Crippen LogP contribution in [-0.2, 0) is 12.8 Å². The van der Waals surface area contributed by atoms with Gasteiger partial charge in [0.15, 0.2) is 0 Å². The lowest BCUT2D eigenvalue weighted by Gasteiger charge is -2.20.